The lowest BCUT2D eigenvalue weighted by Crippen LogP contribution is -2.46. The lowest BCUT2D eigenvalue weighted by Gasteiger charge is -2.40. The van der Waals surface area contributed by atoms with Gasteiger partial charge in [-0.15, -0.1) is 0 Å². The molecule has 122 valence electrons. The molecule has 0 fully saturated rings. The van der Waals surface area contributed by atoms with Gasteiger partial charge < -0.3 is 9.84 Å². The zero-order valence-corrected chi connectivity index (χ0v) is 14.8. The fourth-order valence-electron chi connectivity index (χ4n) is 2.62. The monoisotopic (exact) mass is 333 g/mol. The van der Waals surface area contributed by atoms with Gasteiger partial charge in [0.2, 0.25) is 0 Å². The minimum Gasteiger partial charge on any atom is -0.399 e. The van der Waals surface area contributed by atoms with E-state index in [1.54, 1.807) is 31.2 Å². The molecule has 0 atom stereocenters. The van der Waals surface area contributed by atoms with Gasteiger partial charge in [-0.2, -0.15) is 0 Å². The molecule has 0 spiro atoms. The van der Waals surface area contributed by atoms with Crippen LogP contribution in [0.1, 0.15) is 18.1 Å². The highest BCUT2D eigenvalue weighted by atomic mass is 28.4. The van der Waals surface area contributed by atoms with Crippen molar-refractivity contribution < 1.29 is 13.2 Å². The van der Waals surface area contributed by atoms with E-state index in [0.29, 0.717) is 11.1 Å². The molecule has 2 nitrogen and oxygen atoms in total. The Bertz CT molecular complexity index is 645. The van der Waals surface area contributed by atoms with E-state index in [9.17, 15) is 8.78 Å². The molecule has 0 aliphatic rings. The Labute approximate surface area is 136 Å². The molecular formula is C18H21F2NOSi. The number of hydrogen-bond donors (Lipinski definition) is 1. The van der Waals surface area contributed by atoms with E-state index >= 15 is 0 Å². The highest BCUT2D eigenvalue weighted by Crippen LogP contribution is 2.38. The van der Waals surface area contributed by atoms with Crippen LogP contribution in [0.4, 0.5) is 8.78 Å². The van der Waals surface area contributed by atoms with E-state index in [1.165, 1.54) is 24.3 Å². The Kier molecular flexibility index (Phi) is 4.82. The predicted octanol–water partition coefficient (Wildman–Crippen LogP) is 5.10. The van der Waals surface area contributed by atoms with Crippen LogP contribution in [0.2, 0.25) is 19.6 Å². The van der Waals surface area contributed by atoms with Crippen molar-refractivity contribution in [1.29, 1.82) is 5.41 Å². The Morgan fingerprint density at radius 3 is 1.48 bits per heavy atom. The summed E-state index contributed by atoms with van der Waals surface area (Å²) < 4.78 is 33.1. The molecule has 0 amide bonds. The van der Waals surface area contributed by atoms with Crippen molar-refractivity contribution in [2.45, 2.75) is 32.2 Å². The van der Waals surface area contributed by atoms with Gasteiger partial charge in [0, 0.05) is 5.71 Å². The average molecular weight is 333 g/mol. The van der Waals surface area contributed by atoms with Crippen molar-refractivity contribution in [3.63, 3.8) is 0 Å². The Morgan fingerprint density at radius 1 is 0.870 bits per heavy atom. The molecule has 0 aliphatic carbocycles. The zero-order valence-electron chi connectivity index (χ0n) is 13.8. The van der Waals surface area contributed by atoms with Gasteiger partial charge in [0.15, 0.2) is 8.32 Å². The van der Waals surface area contributed by atoms with Gasteiger partial charge in [-0.1, -0.05) is 24.3 Å². The highest BCUT2D eigenvalue weighted by molar-refractivity contribution is 6.70. The fraction of sp³-hybridized carbons (Fsp3) is 0.278. The molecule has 0 bridgehead atoms. The van der Waals surface area contributed by atoms with Gasteiger partial charge in [0.05, 0.1) is 0 Å². The minimum absolute atomic E-state index is 0.276. The molecule has 2 aromatic carbocycles. The van der Waals surface area contributed by atoms with Crippen LogP contribution in [-0.4, -0.2) is 14.0 Å². The maximum absolute atomic E-state index is 13.3. The van der Waals surface area contributed by atoms with Crippen molar-refractivity contribution in [2.24, 2.45) is 0 Å². The SMILES string of the molecule is CC(=N)C(O[Si](C)(C)C)(c1ccc(F)cc1)c1ccc(F)cc1. The standard InChI is InChI=1S/C18H21F2NOSi/c1-13(21)18(22-23(2,3)4,14-5-9-16(19)10-6-14)15-7-11-17(20)12-8-15/h5-12,21H,1-4H3. The summed E-state index contributed by atoms with van der Waals surface area (Å²) in [5.41, 5.74) is 0.477. The summed E-state index contributed by atoms with van der Waals surface area (Å²) >= 11 is 0. The van der Waals surface area contributed by atoms with Crippen LogP contribution < -0.4 is 0 Å². The second kappa shape index (κ2) is 6.33. The molecule has 0 aliphatic heterocycles. The first kappa shape index (κ1) is 17.5. The fourth-order valence-corrected chi connectivity index (χ4v) is 3.93. The summed E-state index contributed by atoms with van der Waals surface area (Å²) in [5.74, 6) is -0.699. The van der Waals surface area contributed by atoms with Crippen LogP contribution in [-0.2, 0) is 10.0 Å². The molecule has 2 aromatic rings. The maximum Gasteiger partial charge on any atom is 0.185 e. The van der Waals surface area contributed by atoms with Gasteiger partial charge in [-0.25, -0.2) is 8.78 Å². The topological polar surface area (TPSA) is 33.1 Å². The second-order valence-corrected chi connectivity index (χ2v) is 11.0. The first-order valence-corrected chi connectivity index (χ1v) is 10.8. The zero-order chi connectivity index (χ0) is 17.3. The molecule has 0 radical (unpaired) electrons. The van der Waals surface area contributed by atoms with E-state index in [2.05, 4.69) is 0 Å². The number of hydrogen-bond acceptors (Lipinski definition) is 2. The summed E-state index contributed by atoms with van der Waals surface area (Å²) in [6, 6.07) is 11.9. The average Bonchev–Trinajstić information content (AvgIpc) is 2.45. The Hall–Kier alpha value is -1.85. The van der Waals surface area contributed by atoms with E-state index in [4.69, 9.17) is 9.84 Å². The van der Waals surface area contributed by atoms with Crippen LogP contribution in [0, 0.1) is 17.0 Å². The van der Waals surface area contributed by atoms with E-state index < -0.39 is 13.9 Å². The minimum atomic E-state index is -2.08. The van der Waals surface area contributed by atoms with E-state index in [0.717, 1.165) is 0 Å². The smallest absolute Gasteiger partial charge is 0.185 e. The molecule has 5 heteroatoms. The third-order valence-electron chi connectivity index (χ3n) is 3.49. The molecular weight excluding hydrogens is 312 g/mol. The molecule has 0 saturated carbocycles. The lowest BCUT2D eigenvalue weighted by molar-refractivity contribution is 0.175. The summed E-state index contributed by atoms with van der Waals surface area (Å²) in [5, 5.41) is 8.37. The molecule has 23 heavy (non-hydrogen) atoms. The Balaban J connectivity index is 2.71. The molecule has 0 unspecified atom stereocenters. The van der Waals surface area contributed by atoms with E-state index in [-0.39, 0.29) is 17.3 Å². The van der Waals surface area contributed by atoms with Gasteiger partial charge in [-0.3, -0.25) is 0 Å². The molecule has 0 heterocycles. The summed E-state index contributed by atoms with van der Waals surface area (Å²) in [4.78, 5) is 0. The number of benzene rings is 2. The van der Waals surface area contributed by atoms with Crippen LogP contribution in [0.25, 0.3) is 0 Å². The molecule has 2 rings (SSSR count). The number of halogens is 2. The van der Waals surface area contributed by atoms with Crippen LogP contribution in [0.3, 0.4) is 0 Å². The first-order chi connectivity index (χ1) is 10.6. The summed E-state index contributed by atoms with van der Waals surface area (Å²) in [6.07, 6.45) is 0. The Morgan fingerprint density at radius 2 is 1.22 bits per heavy atom. The molecule has 0 saturated heterocycles. The number of nitrogens with one attached hydrogen (secondary N) is 1. The largest absolute Gasteiger partial charge is 0.399 e. The van der Waals surface area contributed by atoms with Gasteiger partial charge in [0.25, 0.3) is 0 Å². The third kappa shape index (κ3) is 3.73. The van der Waals surface area contributed by atoms with E-state index in [1.807, 2.05) is 19.6 Å². The summed E-state index contributed by atoms with van der Waals surface area (Å²) in [6.45, 7) is 7.74. The molecule has 1 N–H and O–H groups in total. The number of rotatable bonds is 5. The van der Waals surface area contributed by atoms with Gasteiger partial charge in [0.1, 0.15) is 17.2 Å². The van der Waals surface area contributed by atoms with Crippen LogP contribution in [0.5, 0.6) is 0 Å². The summed E-state index contributed by atoms with van der Waals surface area (Å²) in [7, 11) is -2.08. The van der Waals surface area contributed by atoms with Gasteiger partial charge in [-0.05, 0) is 62.0 Å². The second-order valence-electron chi connectivity index (χ2n) is 6.53. The quantitative estimate of drug-likeness (QED) is 0.599. The van der Waals surface area contributed by atoms with Gasteiger partial charge >= 0.3 is 0 Å². The molecule has 0 aromatic heterocycles. The van der Waals surface area contributed by atoms with Crippen LogP contribution in [0.15, 0.2) is 48.5 Å². The van der Waals surface area contributed by atoms with Crippen molar-refractivity contribution in [1.82, 2.24) is 0 Å². The van der Waals surface area contributed by atoms with Crippen molar-refractivity contribution in [3.8, 4) is 0 Å². The maximum atomic E-state index is 13.3. The van der Waals surface area contributed by atoms with Crippen molar-refractivity contribution in [3.05, 3.63) is 71.3 Å². The predicted molar refractivity (Wildman–Crippen MR) is 91.4 cm³/mol. The van der Waals surface area contributed by atoms with Crippen molar-refractivity contribution >= 4 is 14.0 Å². The lowest BCUT2D eigenvalue weighted by atomic mass is 9.83. The first-order valence-electron chi connectivity index (χ1n) is 7.43. The normalized spacial score (nSPS) is 12.3. The third-order valence-corrected chi connectivity index (χ3v) is 4.41. The van der Waals surface area contributed by atoms with Crippen molar-refractivity contribution in [2.75, 3.05) is 0 Å². The highest BCUT2D eigenvalue weighted by Gasteiger charge is 2.41. The van der Waals surface area contributed by atoms with Crippen LogP contribution >= 0.6 is 0 Å².